The molecule has 0 bridgehead atoms. The van der Waals surface area contributed by atoms with Crippen LogP contribution in [-0.4, -0.2) is 33.7 Å². The number of rotatable bonds is 10. The first-order valence-electron chi connectivity index (χ1n) is 10.6. The summed E-state index contributed by atoms with van der Waals surface area (Å²) in [6.07, 6.45) is 1.43. The molecule has 1 N–H and O–H groups in total. The summed E-state index contributed by atoms with van der Waals surface area (Å²) in [5.74, 6) is -0.333. The third-order valence-electron chi connectivity index (χ3n) is 5.02. The van der Waals surface area contributed by atoms with E-state index in [-0.39, 0.29) is 16.3 Å². The van der Waals surface area contributed by atoms with Crippen molar-refractivity contribution in [1.29, 1.82) is 0 Å². The molecule has 0 aromatic heterocycles. The zero-order chi connectivity index (χ0) is 24.6. The Hall–Kier alpha value is -3.36. The summed E-state index contributed by atoms with van der Waals surface area (Å²) in [5.41, 5.74) is 4.50. The fourth-order valence-corrected chi connectivity index (χ4v) is 4.84. The first-order valence-corrected chi connectivity index (χ1v) is 12.4. The molecule has 0 spiro atoms. The van der Waals surface area contributed by atoms with Gasteiger partial charge >= 0.3 is 0 Å². The van der Waals surface area contributed by atoms with Crippen molar-refractivity contribution in [2.75, 3.05) is 18.0 Å². The van der Waals surface area contributed by atoms with Gasteiger partial charge in [0.25, 0.3) is 15.9 Å². The van der Waals surface area contributed by atoms with Crippen molar-refractivity contribution < 1.29 is 17.9 Å². The van der Waals surface area contributed by atoms with Crippen LogP contribution in [0.5, 0.6) is 5.75 Å². The maximum absolute atomic E-state index is 13.5. The normalized spacial score (nSPS) is 11.7. The highest BCUT2D eigenvalue weighted by Crippen LogP contribution is 2.34. The number of halogens is 1. The molecule has 3 rings (SSSR count). The Labute approximate surface area is 205 Å². The maximum atomic E-state index is 13.5. The molecule has 34 heavy (non-hydrogen) atoms. The number of aryl methyl sites for hydroxylation is 1. The largest absolute Gasteiger partial charge is 0.495 e. The number of anilines is 1. The van der Waals surface area contributed by atoms with Crippen LogP contribution in [0.15, 0.2) is 88.9 Å². The minimum atomic E-state index is -4.10. The molecule has 0 aliphatic carbocycles. The van der Waals surface area contributed by atoms with Gasteiger partial charge in [0.1, 0.15) is 12.3 Å². The molecule has 0 atom stereocenters. The number of benzene rings is 3. The van der Waals surface area contributed by atoms with Gasteiger partial charge in [-0.05, 0) is 55.7 Å². The van der Waals surface area contributed by atoms with Crippen LogP contribution < -0.4 is 14.5 Å². The molecule has 0 aliphatic rings. The van der Waals surface area contributed by atoms with Gasteiger partial charge in [0.15, 0.2) is 0 Å². The Balaban J connectivity index is 1.82. The smallest absolute Gasteiger partial charge is 0.264 e. The van der Waals surface area contributed by atoms with Crippen LogP contribution in [0.3, 0.4) is 0 Å². The van der Waals surface area contributed by atoms with Crippen LogP contribution in [0.4, 0.5) is 5.69 Å². The predicted molar refractivity (Wildman–Crippen MR) is 135 cm³/mol. The fraction of sp³-hybridized carbons (Fsp3) is 0.200. The molecule has 0 saturated carbocycles. The standard InChI is InChI=1S/C25H26ClN3O4S/c1-19(13-14-20-9-5-3-6-10-20)27-28-25(30)18-29(23-17-21(26)15-16-24(23)33-2)34(31,32)22-11-7-4-8-12-22/h3-12,15-17H,13-14,18H2,1-2H3,(H,28,30)/b27-19-. The zero-order valence-electron chi connectivity index (χ0n) is 18.9. The number of hydrazone groups is 1. The fourth-order valence-electron chi connectivity index (χ4n) is 3.23. The van der Waals surface area contributed by atoms with Gasteiger partial charge in [-0.3, -0.25) is 9.10 Å². The van der Waals surface area contributed by atoms with Gasteiger partial charge in [0.05, 0.1) is 17.7 Å². The van der Waals surface area contributed by atoms with E-state index in [2.05, 4.69) is 10.5 Å². The molecule has 3 aromatic rings. The summed E-state index contributed by atoms with van der Waals surface area (Å²) in [5, 5.41) is 4.44. The molecule has 3 aromatic carbocycles. The summed E-state index contributed by atoms with van der Waals surface area (Å²) >= 11 is 6.14. The molecule has 1 amide bonds. The lowest BCUT2D eigenvalue weighted by Crippen LogP contribution is -2.40. The minimum Gasteiger partial charge on any atom is -0.495 e. The van der Waals surface area contributed by atoms with E-state index in [9.17, 15) is 13.2 Å². The van der Waals surface area contributed by atoms with Gasteiger partial charge in [-0.25, -0.2) is 13.8 Å². The lowest BCUT2D eigenvalue weighted by molar-refractivity contribution is -0.119. The average molecular weight is 500 g/mol. The van der Waals surface area contributed by atoms with Gasteiger partial charge in [0.2, 0.25) is 0 Å². The number of hydrogen-bond acceptors (Lipinski definition) is 5. The Morgan fingerprint density at radius 2 is 1.68 bits per heavy atom. The molecule has 0 fully saturated rings. The van der Waals surface area contributed by atoms with Crippen molar-refractivity contribution in [2.45, 2.75) is 24.7 Å². The second-order valence-corrected chi connectivity index (χ2v) is 9.81. The Kier molecular flexibility index (Phi) is 8.67. The Morgan fingerprint density at radius 3 is 2.32 bits per heavy atom. The molecule has 9 heteroatoms. The van der Waals surface area contributed by atoms with Crippen LogP contribution in [-0.2, 0) is 21.2 Å². The van der Waals surface area contributed by atoms with Crippen LogP contribution in [0.1, 0.15) is 18.9 Å². The SMILES string of the molecule is COc1ccc(Cl)cc1N(CC(=O)N/N=C(/C)CCc1ccccc1)S(=O)(=O)c1ccccc1. The molecule has 178 valence electrons. The quantitative estimate of drug-likeness (QED) is 0.324. The summed E-state index contributed by atoms with van der Waals surface area (Å²) < 4.78 is 33.2. The average Bonchev–Trinajstić information content (AvgIpc) is 2.85. The van der Waals surface area contributed by atoms with E-state index in [1.807, 2.05) is 37.3 Å². The second kappa shape index (κ2) is 11.7. The van der Waals surface area contributed by atoms with E-state index < -0.39 is 22.5 Å². The van der Waals surface area contributed by atoms with Gasteiger partial charge in [-0.15, -0.1) is 0 Å². The summed E-state index contributed by atoms with van der Waals surface area (Å²) in [6, 6.07) is 22.4. The Morgan fingerprint density at radius 1 is 1.03 bits per heavy atom. The van der Waals surface area contributed by atoms with E-state index in [0.717, 1.165) is 22.0 Å². The monoisotopic (exact) mass is 499 g/mol. The third kappa shape index (κ3) is 6.59. The minimum absolute atomic E-state index is 0.0346. The lowest BCUT2D eigenvalue weighted by Gasteiger charge is -2.25. The lowest BCUT2D eigenvalue weighted by atomic mass is 10.1. The van der Waals surface area contributed by atoms with Crippen molar-refractivity contribution in [2.24, 2.45) is 5.10 Å². The molecule has 0 heterocycles. The molecule has 0 saturated heterocycles. The third-order valence-corrected chi connectivity index (χ3v) is 7.03. The highest BCUT2D eigenvalue weighted by molar-refractivity contribution is 7.92. The molecule has 0 radical (unpaired) electrons. The predicted octanol–water partition coefficient (Wildman–Crippen LogP) is 4.67. The molecule has 0 aliphatic heterocycles. The highest BCUT2D eigenvalue weighted by atomic mass is 35.5. The molecular formula is C25H26ClN3O4S. The van der Waals surface area contributed by atoms with Crippen molar-refractivity contribution in [3.63, 3.8) is 0 Å². The van der Waals surface area contributed by atoms with Crippen molar-refractivity contribution in [3.05, 3.63) is 89.4 Å². The van der Waals surface area contributed by atoms with E-state index in [4.69, 9.17) is 16.3 Å². The number of sulfonamides is 1. The van der Waals surface area contributed by atoms with E-state index in [1.165, 1.54) is 25.3 Å². The first kappa shape index (κ1) is 25.3. The van der Waals surface area contributed by atoms with E-state index in [1.54, 1.807) is 30.3 Å². The zero-order valence-corrected chi connectivity index (χ0v) is 20.5. The van der Waals surface area contributed by atoms with Crippen molar-refractivity contribution in [1.82, 2.24) is 5.43 Å². The summed E-state index contributed by atoms with van der Waals surface area (Å²) in [4.78, 5) is 12.8. The molecular weight excluding hydrogens is 474 g/mol. The first-order chi connectivity index (χ1) is 16.3. The van der Waals surface area contributed by atoms with Crippen molar-refractivity contribution >= 4 is 38.9 Å². The molecule has 7 nitrogen and oxygen atoms in total. The van der Waals surface area contributed by atoms with Crippen LogP contribution in [0.2, 0.25) is 5.02 Å². The summed E-state index contributed by atoms with van der Waals surface area (Å²) in [6.45, 7) is 1.30. The number of amides is 1. The maximum Gasteiger partial charge on any atom is 0.264 e. The number of methoxy groups -OCH3 is 1. The van der Waals surface area contributed by atoms with Crippen LogP contribution in [0.25, 0.3) is 0 Å². The van der Waals surface area contributed by atoms with Crippen LogP contribution in [0, 0.1) is 0 Å². The second-order valence-electron chi connectivity index (χ2n) is 7.51. The summed E-state index contributed by atoms with van der Waals surface area (Å²) in [7, 11) is -2.68. The number of nitrogens with one attached hydrogen (secondary N) is 1. The Bertz CT molecular complexity index is 1250. The number of hydrogen-bond donors (Lipinski definition) is 1. The number of ether oxygens (including phenoxy) is 1. The number of carbonyl (C=O) groups is 1. The van der Waals surface area contributed by atoms with Crippen LogP contribution >= 0.6 is 11.6 Å². The number of nitrogens with zero attached hydrogens (tertiary/aromatic N) is 2. The van der Waals surface area contributed by atoms with Gasteiger partial charge in [-0.1, -0.05) is 60.1 Å². The van der Waals surface area contributed by atoms with E-state index in [0.29, 0.717) is 11.4 Å². The van der Waals surface area contributed by atoms with Gasteiger partial charge < -0.3 is 4.74 Å². The van der Waals surface area contributed by atoms with Gasteiger partial charge in [0, 0.05) is 10.7 Å². The topological polar surface area (TPSA) is 88.1 Å². The molecule has 0 unspecified atom stereocenters. The van der Waals surface area contributed by atoms with Gasteiger partial charge in [-0.2, -0.15) is 5.10 Å². The number of carbonyl (C=O) groups excluding carboxylic acids is 1. The van der Waals surface area contributed by atoms with Crippen molar-refractivity contribution in [3.8, 4) is 5.75 Å². The van der Waals surface area contributed by atoms with E-state index >= 15 is 0 Å². The highest BCUT2D eigenvalue weighted by Gasteiger charge is 2.29.